The number of ketones is 1. The summed E-state index contributed by atoms with van der Waals surface area (Å²) in [6, 6.07) is 4.28. The summed E-state index contributed by atoms with van der Waals surface area (Å²) in [4.78, 5) is 29.0. The molecule has 1 aromatic carbocycles. The molecule has 0 unspecified atom stereocenters. The van der Waals surface area contributed by atoms with Gasteiger partial charge in [0.1, 0.15) is 0 Å². The number of hydrogen-bond acceptors (Lipinski definition) is 4. The Hall–Kier alpha value is -1.56. The lowest BCUT2D eigenvalue weighted by Gasteiger charge is -2.29. The second-order valence-electron chi connectivity index (χ2n) is 7.79. The Balaban J connectivity index is 2.20. The molecule has 1 atom stereocenters. The van der Waals surface area contributed by atoms with Crippen LogP contribution in [0, 0.1) is 0 Å². The Labute approximate surface area is 189 Å². The average Bonchev–Trinajstić information content (AvgIpc) is 2.94. The molecule has 2 rings (SSSR count). The maximum Gasteiger partial charge on any atom is 0.290 e. The minimum absolute atomic E-state index is 0.0954. The number of aliphatic hydroxyl groups is 1. The second kappa shape index (κ2) is 11.7. The van der Waals surface area contributed by atoms with Gasteiger partial charge in [-0.05, 0) is 63.5 Å². The number of amides is 1. The lowest BCUT2D eigenvalue weighted by Crippen LogP contribution is -2.35. The van der Waals surface area contributed by atoms with Crippen molar-refractivity contribution in [2.45, 2.75) is 58.9 Å². The third-order valence-corrected chi connectivity index (χ3v) is 6.03. The summed E-state index contributed by atoms with van der Waals surface area (Å²) in [5.41, 5.74) is 0.690. The normalized spacial score (nSPS) is 16.8. The quantitative estimate of drug-likeness (QED) is 0.448. The molecule has 0 fully saturated rings. The summed E-state index contributed by atoms with van der Waals surface area (Å²) in [6.45, 7) is 9.09. The molecule has 1 aromatic rings. The van der Waals surface area contributed by atoms with Crippen LogP contribution >= 0.6 is 23.2 Å². The molecule has 1 heterocycles. The number of carbonyl (C=O) groups is 2. The molecule has 166 valence electrons. The van der Waals surface area contributed by atoms with Crippen molar-refractivity contribution in [3.63, 3.8) is 0 Å². The summed E-state index contributed by atoms with van der Waals surface area (Å²) in [5, 5.41) is 11.2. The van der Waals surface area contributed by atoms with Crippen LogP contribution in [0.2, 0.25) is 10.0 Å². The lowest BCUT2D eigenvalue weighted by atomic mass is 9.96. The molecule has 0 radical (unpaired) electrons. The highest BCUT2D eigenvalue weighted by Crippen LogP contribution is 2.41. The first-order valence-corrected chi connectivity index (χ1v) is 11.5. The van der Waals surface area contributed by atoms with Crippen LogP contribution in [-0.2, 0) is 9.59 Å². The van der Waals surface area contributed by atoms with E-state index < -0.39 is 17.7 Å². The van der Waals surface area contributed by atoms with Crippen molar-refractivity contribution in [2.24, 2.45) is 0 Å². The molecule has 1 aliphatic rings. The van der Waals surface area contributed by atoms with Gasteiger partial charge in [0.2, 0.25) is 0 Å². The number of halogens is 2. The molecule has 0 saturated carbocycles. The Morgan fingerprint density at radius 2 is 1.70 bits per heavy atom. The van der Waals surface area contributed by atoms with Crippen molar-refractivity contribution in [3.05, 3.63) is 45.1 Å². The topological polar surface area (TPSA) is 60.9 Å². The molecule has 1 aliphatic heterocycles. The fourth-order valence-corrected chi connectivity index (χ4v) is 4.37. The average molecular weight is 455 g/mol. The van der Waals surface area contributed by atoms with Crippen LogP contribution < -0.4 is 0 Å². The summed E-state index contributed by atoms with van der Waals surface area (Å²) < 4.78 is 0. The number of rotatable bonds is 12. The highest BCUT2D eigenvalue weighted by Gasteiger charge is 2.42. The number of Topliss-reactive ketones (excluding diaryl/α,β-unsaturated/α-hetero) is 1. The van der Waals surface area contributed by atoms with Crippen LogP contribution in [0.25, 0.3) is 0 Å². The van der Waals surface area contributed by atoms with E-state index in [-0.39, 0.29) is 11.4 Å². The van der Waals surface area contributed by atoms with E-state index in [4.69, 9.17) is 23.2 Å². The molecule has 0 saturated heterocycles. The first-order chi connectivity index (χ1) is 14.3. The maximum absolute atomic E-state index is 12.8. The van der Waals surface area contributed by atoms with Crippen LogP contribution in [0.5, 0.6) is 0 Å². The number of nitrogens with zero attached hydrogens (tertiary/aromatic N) is 2. The van der Waals surface area contributed by atoms with E-state index in [0.717, 1.165) is 51.7 Å². The van der Waals surface area contributed by atoms with Gasteiger partial charge in [0.25, 0.3) is 5.91 Å². The van der Waals surface area contributed by atoms with Gasteiger partial charge in [0, 0.05) is 16.6 Å². The van der Waals surface area contributed by atoms with Crippen LogP contribution in [-0.4, -0.2) is 52.8 Å². The minimum Gasteiger partial charge on any atom is -0.503 e. The van der Waals surface area contributed by atoms with Gasteiger partial charge in [-0.2, -0.15) is 0 Å². The molecule has 0 bridgehead atoms. The highest BCUT2D eigenvalue weighted by atomic mass is 35.5. The van der Waals surface area contributed by atoms with E-state index in [2.05, 4.69) is 18.7 Å². The van der Waals surface area contributed by atoms with E-state index in [1.165, 1.54) is 6.92 Å². The largest absolute Gasteiger partial charge is 0.503 e. The van der Waals surface area contributed by atoms with Crippen LogP contribution in [0.4, 0.5) is 0 Å². The molecule has 1 amide bonds. The Bertz CT molecular complexity index is 787. The summed E-state index contributed by atoms with van der Waals surface area (Å²) in [6.07, 6.45) is 5.33. The van der Waals surface area contributed by atoms with Crippen LogP contribution in [0.1, 0.15) is 64.5 Å². The molecule has 0 aliphatic carbocycles. The molecule has 0 aromatic heterocycles. The van der Waals surface area contributed by atoms with Crippen molar-refractivity contribution in [1.29, 1.82) is 0 Å². The SMILES string of the molecule is CCCCN(CCCC)CCCN1C(=O)C(O)=C(C(C)=O)[C@@H]1c1ccc(Cl)cc1Cl. The van der Waals surface area contributed by atoms with Gasteiger partial charge in [-0.15, -0.1) is 0 Å². The van der Waals surface area contributed by atoms with E-state index in [0.29, 0.717) is 22.2 Å². The zero-order valence-corrected chi connectivity index (χ0v) is 19.6. The number of aliphatic hydroxyl groups excluding tert-OH is 1. The highest BCUT2D eigenvalue weighted by molar-refractivity contribution is 6.35. The van der Waals surface area contributed by atoms with Crippen LogP contribution in [0.3, 0.4) is 0 Å². The predicted octanol–water partition coefficient (Wildman–Crippen LogP) is 5.57. The second-order valence-corrected chi connectivity index (χ2v) is 8.63. The maximum atomic E-state index is 12.8. The zero-order valence-electron chi connectivity index (χ0n) is 18.1. The zero-order chi connectivity index (χ0) is 22.3. The third-order valence-electron chi connectivity index (χ3n) is 5.47. The fraction of sp³-hybridized carbons (Fsp3) is 0.565. The van der Waals surface area contributed by atoms with E-state index in [9.17, 15) is 14.7 Å². The monoisotopic (exact) mass is 454 g/mol. The number of carbonyl (C=O) groups excluding carboxylic acids is 2. The Morgan fingerprint density at radius 3 is 2.23 bits per heavy atom. The van der Waals surface area contributed by atoms with Gasteiger partial charge in [-0.25, -0.2) is 0 Å². The molecule has 0 spiro atoms. The standard InChI is InChI=1S/C23H32Cl2N2O3/c1-4-6-11-26(12-7-5-2)13-8-14-27-21(18-10-9-17(24)15-19(18)25)20(16(3)28)22(29)23(27)30/h9-10,15,21,29H,4-8,11-14H2,1-3H3/t21-/m0/s1. The van der Waals surface area contributed by atoms with Gasteiger partial charge in [-0.3, -0.25) is 9.59 Å². The smallest absolute Gasteiger partial charge is 0.290 e. The minimum atomic E-state index is -0.695. The van der Waals surface area contributed by atoms with Crippen LogP contribution in [0.15, 0.2) is 29.5 Å². The molecule has 5 nitrogen and oxygen atoms in total. The van der Waals surface area contributed by atoms with Crippen molar-refractivity contribution in [2.75, 3.05) is 26.2 Å². The molecular weight excluding hydrogens is 423 g/mol. The van der Waals surface area contributed by atoms with Gasteiger partial charge in [0.15, 0.2) is 11.5 Å². The predicted molar refractivity (Wildman–Crippen MR) is 122 cm³/mol. The molecule has 1 N–H and O–H groups in total. The van der Waals surface area contributed by atoms with Crippen molar-refractivity contribution in [1.82, 2.24) is 9.80 Å². The Morgan fingerprint density at radius 1 is 1.10 bits per heavy atom. The first-order valence-electron chi connectivity index (χ1n) is 10.7. The van der Waals surface area contributed by atoms with E-state index in [1.807, 2.05) is 0 Å². The Kier molecular flexibility index (Phi) is 9.66. The number of benzene rings is 1. The van der Waals surface area contributed by atoms with Gasteiger partial charge >= 0.3 is 0 Å². The van der Waals surface area contributed by atoms with E-state index in [1.54, 1.807) is 23.1 Å². The fourth-order valence-electron chi connectivity index (χ4n) is 3.85. The third kappa shape index (κ3) is 5.99. The first kappa shape index (κ1) is 24.7. The molecule has 7 heteroatoms. The lowest BCUT2D eigenvalue weighted by molar-refractivity contribution is -0.129. The number of hydrogen-bond donors (Lipinski definition) is 1. The van der Waals surface area contributed by atoms with Gasteiger partial charge in [0.05, 0.1) is 11.6 Å². The molecule has 30 heavy (non-hydrogen) atoms. The van der Waals surface area contributed by atoms with E-state index >= 15 is 0 Å². The van der Waals surface area contributed by atoms with Gasteiger partial charge in [-0.1, -0.05) is 56.0 Å². The summed E-state index contributed by atoms with van der Waals surface area (Å²) >= 11 is 12.4. The summed E-state index contributed by atoms with van der Waals surface area (Å²) in [5.74, 6) is -1.34. The van der Waals surface area contributed by atoms with Crippen molar-refractivity contribution >= 4 is 34.9 Å². The summed E-state index contributed by atoms with van der Waals surface area (Å²) in [7, 11) is 0. The number of unbranched alkanes of at least 4 members (excludes halogenated alkanes) is 2. The van der Waals surface area contributed by atoms with Gasteiger partial charge < -0.3 is 14.9 Å². The van der Waals surface area contributed by atoms with Crippen molar-refractivity contribution < 1.29 is 14.7 Å². The van der Waals surface area contributed by atoms with Crippen molar-refractivity contribution in [3.8, 4) is 0 Å². The molecular formula is C23H32Cl2N2O3.